The van der Waals surface area contributed by atoms with E-state index in [1.54, 1.807) is 17.0 Å². The van der Waals surface area contributed by atoms with Crippen LogP contribution in [0.3, 0.4) is 0 Å². The minimum atomic E-state index is 0.305. The van der Waals surface area contributed by atoms with E-state index in [-0.39, 0.29) is 0 Å². The zero-order valence-electron chi connectivity index (χ0n) is 16.6. The van der Waals surface area contributed by atoms with Gasteiger partial charge in [-0.3, -0.25) is 4.90 Å². The smallest absolute Gasteiger partial charge is 0.223 e. The highest BCUT2D eigenvalue weighted by Gasteiger charge is 2.25. The van der Waals surface area contributed by atoms with E-state index < -0.39 is 0 Å². The highest BCUT2D eigenvalue weighted by atomic mass is 35.5. The number of furan rings is 1. The number of hydrogen-bond donors (Lipinski definition) is 1. The van der Waals surface area contributed by atoms with Crippen molar-refractivity contribution >= 4 is 28.9 Å². The highest BCUT2D eigenvalue weighted by molar-refractivity contribution is 6.30. The third-order valence-corrected chi connectivity index (χ3v) is 5.79. The lowest BCUT2D eigenvalue weighted by Gasteiger charge is -2.41. The SMILES string of the molecule is CC1CN(c2ccc(Cl)cc2)CCN1Cc1cnc(N)n2nc(-c3ccco3)nc12. The van der Waals surface area contributed by atoms with E-state index in [1.165, 1.54) is 5.69 Å². The molecule has 1 saturated heterocycles. The predicted molar refractivity (Wildman–Crippen MR) is 116 cm³/mol. The Labute approximate surface area is 178 Å². The number of piperazine rings is 1. The summed E-state index contributed by atoms with van der Waals surface area (Å²) in [6.45, 7) is 5.77. The van der Waals surface area contributed by atoms with Gasteiger partial charge in [-0.2, -0.15) is 4.52 Å². The Morgan fingerprint density at radius 3 is 2.77 bits per heavy atom. The summed E-state index contributed by atoms with van der Waals surface area (Å²) in [7, 11) is 0. The van der Waals surface area contributed by atoms with Gasteiger partial charge in [-0.05, 0) is 43.3 Å². The van der Waals surface area contributed by atoms with Crippen molar-refractivity contribution in [2.45, 2.75) is 19.5 Å². The van der Waals surface area contributed by atoms with Gasteiger partial charge in [0.2, 0.25) is 11.8 Å². The summed E-state index contributed by atoms with van der Waals surface area (Å²) in [5.41, 5.74) is 8.93. The lowest BCUT2D eigenvalue weighted by molar-refractivity contribution is 0.181. The quantitative estimate of drug-likeness (QED) is 0.538. The molecule has 0 aliphatic carbocycles. The van der Waals surface area contributed by atoms with Crippen LogP contribution in [0.5, 0.6) is 0 Å². The summed E-state index contributed by atoms with van der Waals surface area (Å²) in [5.74, 6) is 1.41. The van der Waals surface area contributed by atoms with E-state index in [4.69, 9.17) is 21.8 Å². The molecule has 1 unspecified atom stereocenters. The second-order valence-electron chi connectivity index (χ2n) is 7.53. The maximum Gasteiger partial charge on any atom is 0.223 e. The monoisotopic (exact) mass is 423 g/mol. The van der Waals surface area contributed by atoms with E-state index >= 15 is 0 Å². The van der Waals surface area contributed by atoms with Crippen LogP contribution in [0.1, 0.15) is 12.5 Å². The van der Waals surface area contributed by atoms with Gasteiger partial charge in [0.1, 0.15) is 0 Å². The molecule has 4 aromatic rings. The molecular weight excluding hydrogens is 402 g/mol. The molecule has 5 rings (SSSR count). The molecule has 2 N–H and O–H groups in total. The molecule has 1 aliphatic rings. The zero-order valence-corrected chi connectivity index (χ0v) is 17.3. The predicted octanol–water partition coefficient (Wildman–Crippen LogP) is 3.33. The molecule has 0 radical (unpaired) electrons. The van der Waals surface area contributed by atoms with Crippen molar-refractivity contribution in [3.8, 4) is 11.6 Å². The summed E-state index contributed by atoms with van der Waals surface area (Å²) < 4.78 is 7.02. The second-order valence-corrected chi connectivity index (χ2v) is 7.97. The summed E-state index contributed by atoms with van der Waals surface area (Å²) in [6.07, 6.45) is 3.40. The molecule has 3 aromatic heterocycles. The van der Waals surface area contributed by atoms with Crippen LogP contribution in [0.2, 0.25) is 5.02 Å². The Hall–Kier alpha value is -3.10. The minimum absolute atomic E-state index is 0.305. The van der Waals surface area contributed by atoms with Gasteiger partial charge in [0, 0.05) is 54.7 Å². The van der Waals surface area contributed by atoms with Crippen molar-refractivity contribution in [1.29, 1.82) is 0 Å². The summed E-state index contributed by atoms with van der Waals surface area (Å²) in [5, 5.41) is 5.23. The number of hydrogen-bond acceptors (Lipinski definition) is 7. The summed E-state index contributed by atoms with van der Waals surface area (Å²) >= 11 is 6.03. The van der Waals surface area contributed by atoms with Crippen LogP contribution in [0.15, 0.2) is 53.3 Å². The number of fused-ring (bicyclic) bond motifs is 1. The van der Waals surface area contributed by atoms with Crippen molar-refractivity contribution < 1.29 is 4.42 Å². The third-order valence-electron chi connectivity index (χ3n) is 5.54. The van der Waals surface area contributed by atoms with Gasteiger partial charge >= 0.3 is 0 Å². The molecule has 0 bridgehead atoms. The molecule has 4 heterocycles. The maximum absolute atomic E-state index is 6.03. The average Bonchev–Trinajstić information content (AvgIpc) is 3.42. The lowest BCUT2D eigenvalue weighted by Crippen LogP contribution is -2.51. The van der Waals surface area contributed by atoms with E-state index in [2.05, 4.69) is 43.9 Å². The molecular formula is C21H22ClN7O. The largest absolute Gasteiger partial charge is 0.461 e. The first kappa shape index (κ1) is 18.9. The van der Waals surface area contributed by atoms with E-state index in [9.17, 15) is 0 Å². The molecule has 0 saturated carbocycles. The van der Waals surface area contributed by atoms with Crippen LogP contribution in [0.4, 0.5) is 11.6 Å². The molecule has 0 spiro atoms. The van der Waals surface area contributed by atoms with Crippen LogP contribution in [-0.4, -0.2) is 50.2 Å². The van der Waals surface area contributed by atoms with Crippen LogP contribution in [-0.2, 0) is 6.54 Å². The van der Waals surface area contributed by atoms with Crippen molar-refractivity contribution in [2.24, 2.45) is 0 Å². The first-order valence-electron chi connectivity index (χ1n) is 9.87. The molecule has 1 aliphatic heterocycles. The Bertz CT molecular complexity index is 1160. The van der Waals surface area contributed by atoms with Crippen LogP contribution in [0.25, 0.3) is 17.2 Å². The number of rotatable bonds is 4. The van der Waals surface area contributed by atoms with Crippen molar-refractivity contribution in [1.82, 2.24) is 24.5 Å². The number of aromatic nitrogens is 4. The van der Waals surface area contributed by atoms with E-state index in [0.717, 1.165) is 36.8 Å². The van der Waals surface area contributed by atoms with Crippen LogP contribution < -0.4 is 10.6 Å². The summed E-state index contributed by atoms with van der Waals surface area (Å²) in [6, 6.07) is 12.0. The zero-order chi connectivity index (χ0) is 20.7. The molecule has 0 amide bonds. The van der Waals surface area contributed by atoms with Crippen molar-refractivity contribution in [2.75, 3.05) is 30.3 Å². The van der Waals surface area contributed by atoms with Crippen molar-refractivity contribution in [3.05, 3.63) is 59.4 Å². The van der Waals surface area contributed by atoms with Crippen molar-refractivity contribution in [3.63, 3.8) is 0 Å². The Kier molecular flexibility index (Phi) is 4.80. The molecule has 9 heteroatoms. The topological polar surface area (TPSA) is 88.7 Å². The highest BCUT2D eigenvalue weighted by Crippen LogP contribution is 2.24. The standard InChI is InChI=1S/C21H22ClN7O/c1-14-12-28(17-6-4-16(22)5-7-17)9-8-27(14)13-15-11-24-21(23)29-20(15)25-19(26-29)18-3-2-10-30-18/h2-7,10-11,14H,8-9,12-13H2,1H3,(H2,23,24). The van der Waals surface area contributed by atoms with Crippen LogP contribution >= 0.6 is 11.6 Å². The van der Waals surface area contributed by atoms with Gasteiger partial charge in [0.25, 0.3) is 0 Å². The van der Waals surface area contributed by atoms with Gasteiger partial charge in [-0.1, -0.05) is 11.6 Å². The number of nitrogen functional groups attached to an aromatic ring is 1. The number of nitrogens with zero attached hydrogens (tertiary/aromatic N) is 6. The molecule has 8 nitrogen and oxygen atoms in total. The molecule has 154 valence electrons. The molecule has 30 heavy (non-hydrogen) atoms. The van der Waals surface area contributed by atoms with E-state index in [0.29, 0.717) is 29.2 Å². The third kappa shape index (κ3) is 3.48. The fourth-order valence-corrected chi connectivity index (χ4v) is 4.02. The molecule has 1 atom stereocenters. The first-order chi connectivity index (χ1) is 14.6. The second kappa shape index (κ2) is 7.62. The van der Waals surface area contributed by atoms with Gasteiger partial charge in [0.15, 0.2) is 11.4 Å². The summed E-state index contributed by atoms with van der Waals surface area (Å²) in [4.78, 5) is 13.8. The Morgan fingerprint density at radius 2 is 2.03 bits per heavy atom. The number of nitrogens with two attached hydrogens (primary N) is 1. The fourth-order valence-electron chi connectivity index (χ4n) is 3.89. The van der Waals surface area contributed by atoms with Gasteiger partial charge < -0.3 is 15.1 Å². The van der Waals surface area contributed by atoms with Gasteiger partial charge in [0.05, 0.1) is 6.26 Å². The molecule has 1 fully saturated rings. The van der Waals surface area contributed by atoms with Crippen LogP contribution in [0, 0.1) is 0 Å². The first-order valence-corrected chi connectivity index (χ1v) is 10.2. The number of benzene rings is 1. The van der Waals surface area contributed by atoms with Gasteiger partial charge in [-0.25, -0.2) is 9.97 Å². The van der Waals surface area contributed by atoms with Gasteiger partial charge in [-0.15, -0.1) is 5.10 Å². The van der Waals surface area contributed by atoms with E-state index in [1.807, 2.05) is 24.3 Å². The normalized spacial score (nSPS) is 17.7. The molecule has 1 aromatic carbocycles. The maximum atomic E-state index is 6.03. The number of anilines is 2. The Balaban J connectivity index is 1.37. The average molecular weight is 424 g/mol. The number of halogens is 1. The lowest BCUT2D eigenvalue weighted by atomic mass is 10.1. The minimum Gasteiger partial charge on any atom is -0.461 e. The Morgan fingerprint density at radius 1 is 1.20 bits per heavy atom. The fraction of sp³-hybridized carbons (Fsp3) is 0.286.